The van der Waals surface area contributed by atoms with Gasteiger partial charge in [0.2, 0.25) is 0 Å². The Morgan fingerprint density at radius 2 is 2.21 bits per heavy atom. The summed E-state index contributed by atoms with van der Waals surface area (Å²) in [7, 11) is 6.25. The van der Waals surface area contributed by atoms with Gasteiger partial charge in [-0.2, -0.15) is 16.4 Å². The van der Waals surface area contributed by atoms with E-state index < -0.39 is 0 Å². The number of fused-ring (bicyclic) bond motifs is 1. The van der Waals surface area contributed by atoms with Gasteiger partial charge in [0.15, 0.2) is 0 Å². The third-order valence-corrected chi connectivity index (χ3v) is 4.30. The Bertz CT molecular complexity index is 556. The van der Waals surface area contributed by atoms with Crippen molar-refractivity contribution in [3.8, 4) is 0 Å². The molecule has 0 fully saturated rings. The minimum absolute atomic E-state index is 0.926. The molecule has 0 amide bonds. The molecular formula is C14H20N4S. The molecule has 0 aromatic carbocycles. The molecule has 3 rings (SSSR count). The van der Waals surface area contributed by atoms with Crippen LogP contribution in [0.3, 0.4) is 0 Å². The molecule has 2 aromatic heterocycles. The minimum Gasteiger partial charge on any atom is -0.303 e. The summed E-state index contributed by atoms with van der Waals surface area (Å²) < 4.78 is 2.06. The van der Waals surface area contributed by atoms with Crippen LogP contribution in [0.15, 0.2) is 16.8 Å². The lowest BCUT2D eigenvalue weighted by molar-refractivity contribution is 0.267. The standard InChI is InChI=1S/C14H20N4S/c1-16(2)8-13-12-7-18(6-11-4-5-19-10-11)9-14(12)17(3)15-13/h4-5,10H,6-9H2,1-3H3. The van der Waals surface area contributed by atoms with Gasteiger partial charge in [-0.25, -0.2) is 0 Å². The highest BCUT2D eigenvalue weighted by Gasteiger charge is 2.26. The van der Waals surface area contributed by atoms with Crippen LogP contribution in [-0.2, 0) is 33.2 Å². The smallest absolute Gasteiger partial charge is 0.0812 e. The van der Waals surface area contributed by atoms with Crippen LogP contribution in [0, 0.1) is 0 Å². The van der Waals surface area contributed by atoms with Crippen molar-refractivity contribution in [2.45, 2.75) is 26.2 Å². The van der Waals surface area contributed by atoms with Crippen molar-refractivity contribution in [2.75, 3.05) is 14.1 Å². The second-order valence-corrected chi connectivity index (χ2v) is 6.29. The van der Waals surface area contributed by atoms with Crippen LogP contribution < -0.4 is 0 Å². The lowest BCUT2D eigenvalue weighted by atomic mass is 10.2. The predicted molar refractivity (Wildman–Crippen MR) is 77.9 cm³/mol. The molecule has 0 bridgehead atoms. The monoisotopic (exact) mass is 276 g/mol. The molecule has 4 nitrogen and oxygen atoms in total. The maximum absolute atomic E-state index is 4.65. The third-order valence-electron chi connectivity index (χ3n) is 3.57. The molecule has 0 saturated carbocycles. The second kappa shape index (κ2) is 5.07. The fraction of sp³-hybridized carbons (Fsp3) is 0.500. The van der Waals surface area contributed by atoms with Crippen LogP contribution in [0.5, 0.6) is 0 Å². The van der Waals surface area contributed by atoms with Crippen molar-refractivity contribution in [3.05, 3.63) is 39.3 Å². The lowest BCUT2D eigenvalue weighted by Gasteiger charge is -2.15. The van der Waals surface area contributed by atoms with Crippen molar-refractivity contribution in [2.24, 2.45) is 7.05 Å². The van der Waals surface area contributed by atoms with Gasteiger partial charge in [-0.15, -0.1) is 0 Å². The Morgan fingerprint density at radius 3 is 2.89 bits per heavy atom. The SMILES string of the molecule is CN(C)Cc1nn(C)c2c1CN(Cc1ccsc1)C2. The Labute approximate surface area is 118 Å². The highest BCUT2D eigenvalue weighted by molar-refractivity contribution is 7.07. The van der Waals surface area contributed by atoms with E-state index in [9.17, 15) is 0 Å². The van der Waals surface area contributed by atoms with Crippen molar-refractivity contribution in [3.63, 3.8) is 0 Å². The molecular weight excluding hydrogens is 256 g/mol. The summed E-state index contributed by atoms with van der Waals surface area (Å²) in [5.74, 6) is 0. The van der Waals surface area contributed by atoms with E-state index in [-0.39, 0.29) is 0 Å². The van der Waals surface area contributed by atoms with Crippen LogP contribution in [0.25, 0.3) is 0 Å². The summed E-state index contributed by atoms with van der Waals surface area (Å²) in [6, 6.07) is 2.21. The molecule has 0 radical (unpaired) electrons. The Morgan fingerprint density at radius 1 is 1.37 bits per heavy atom. The quantitative estimate of drug-likeness (QED) is 0.854. The van der Waals surface area contributed by atoms with Gasteiger partial charge in [-0.3, -0.25) is 9.58 Å². The van der Waals surface area contributed by atoms with Crippen molar-refractivity contribution < 1.29 is 0 Å². The zero-order valence-corrected chi connectivity index (χ0v) is 12.6. The van der Waals surface area contributed by atoms with Gasteiger partial charge in [0.05, 0.1) is 11.4 Å². The number of thiophene rings is 1. The van der Waals surface area contributed by atoms with Crippen LogP contribution in [-0.4, -0.2) is 33.7 Å². The number of hydrogen-bond acceptors (Lipinski definition) is 4. The summed E-state index contributed by atoms with van der Waals surface area (Å²) >= 11 is 1.77. The third kappa shape index (κ3) is 2.59. The first-order valence-corrected chi connectivity index (χ1v) is 7.49. The summed E-state index contributed by atoms with van der Waals surface area (Å²) in [5.41, 5.74) is 5.47. The highest BCUT2D eigenvalue weighted by atomic mass is 32.1. The normalized spacial score (nSPS) is 15.4. The van der Waals surface area contributed by atoms with Crippen LogP contribution >= 0.6 is 11.3 Å². The molecule has 1 aliphatic rings. The Hall–Kier alpha value is -1.17. The fourth-order valence-electron chi connectivity index (χ4n) is 2.71. The van der Waals surface area contributed by atoms with Gasteiger partial charge in [0.25, 0.3) is 0 Å². The van der Waals surface area contributed by atoms with E-state index in [4.69, 9.17) is 0 Å². The first-order chi connectivity index (χ1) is 9.13. The molecule has 1 aliphatic heterocycles. The lowest BCUT2D eigenvalue weighted by Crippen LogP contribution is -2.18. The highest BCUT2D eigenvalue weighted by Crippen LogP contribution is 2.27. The van der Waals surface area contributed by atoms with Crippen LogP contribution in [0.1, 0.15) is 22.5 Å². The molecule has 0 spiro atoms. The maximum atomic E-state index is 4.65. The molecule has 0 N–H and O–H groups in total. The molecule has 19 heavy (non-hydrogen) atoms. The summed E-state index contributed by atoms with van der Waals surface area (Å²) in [6.45, 7) is 4.01. The first kappa shape index (κ1) is 12.8. The molecule has 2 aromatic rings. The number of nitrogens with zero attached hydrogens (tertiary/aromatic N) is 4. The molecule has 0 aliphatic carbocycles. The van der Waals surface area contributed by atoms with Crippen LogP contribution in [0.4, 0.5) is 0 Å². The van der Waals surface area contributed by atoms with Crippen LogP contribution in [0.2, 0.25) is 0 Å². The van der Waals surface area contributed by atoms with Gasteiger partial charge in [0, 0.05) is 38.8 Å². The number of aryl methyl sites for hydroxylation is 1. The van der Waals surface area contributed by atoms with E-state index in [2.05, 4.69) is 57.5 Å². The van der Waals surface area contributed by atoms with Gasteiger partial charge in [0.1, 0.15) is 0 Å². The topological polar surface area (TPSA) is 24.3 Å². The molecule has 5 heteroatoms. The van der Waals surface area contributed by atoms with Gasteiger partial charge in [-0.05, 0) is 36.5 Å². The summed E-state index contributed by atoms with van der Waals surface area (Å²) in [6.07, 6.45) is 0. The van der Waals surface area contributed by atoms with Gasteiger partial charge >= 0.3 is 0 Å². The molecule has 0 unspecified atom stereocenters. The molecule has 102 valence electrons. The largest absolute Gasteiger partial charge is 0.303 e. The fourth-order valence-corrected chi connectivity index (χ4v) is 3.37. The van der Waals surface area contributed by atoms with Crippen molar-refractivity contribution >= 4 is 11.3 Å². The average molecular weight is 276 g/mol. The van der Waals surface area contributed by atoms with E-state index in [0.717, 1.165) is 26.2 Å². The first-order valence-electron chi connectivity index (χ1n) is 6.55. The van der Waals surface area contributed by atoms with E-state index in [1.165, 1.54) is 22.5 Å². The Kier molecular flexibility index (Phi) is 3.43. The number of aromatic nitrogens is 2. The van der Waals surface area contributed by atoms with Gasteiger partial charge in [-0.1, -0.05) is 0 Å². The van der Waals surface area contributed by atoms with Crippen molar-refractivity contribution in [1.29, 1.82) is 0 Å². The summed E-state index contributed by atoms with van der Waals surface area (Å²) in [4.78, 5) is 4.68. The second-order valence-electron chi connectivity index (χ2n) is 5.51. The maximum Gasteiger partial charge on any atom is 0.0812 e. The number of rotatable bonds is 4. The number of hydrogen-bond donors (Lipinski definition) is 0. The summed E-state index contributed by atoms with van der Waals surface area (Å²) in [5, 5.41) is 9.04. The average Bonchev–Trinajstić information content (AvgIpc) is 3.01. The Balaban J connectivity index is 1.76. The zero-order chi connectivity index (χ0) is 13.4. The van der Waals surface area contributed by atoms with Gasteiger partial charge < -0.3 is 4.90 Å². The molecule has 0 saturated heterocycles. The predicted octanol–water partition coefficient (Wildman–Crippen LogP) is 2.06. The van der Waals surface area contributed by atoms with Crippen molar-refractivity contribution in [1.82, 2.24) is 19.6 Å². The molecule has 3 heterocycles. The van der Waals surface area contributed by atoms with E-state index in [1.54, 1.807) is 11.3 Å². The zero-order valence-electron chi connectivity index (χ0n) is 11.8. The van der Waals surface area contributed by atoms with E-state index in [1.807, 2.05) is 0 Å². The van der Waals surface area contributed by atoms with E-state index in [0.29, 0.717) is 0 Å². The molecule has 0 atom stereocenters. The van der Waals surface area contributed by atoms with E-state index >= 15 is 0 Å². The minimum atomic E-state index is 0.926.